The van der Waals surface area contributed by atoms with Gasteiger partial charge in [0.15, 0.2) is 0 Å². The lowest BCUT2D eigenvalue weighted by Crippen LogP contribution is -2.07. The van der Waals surface area contributed by atoms with Crippen LogP contribution in [-0.4, -0.2) is 13.7 Å². The van der Waals surface area contributed by atoms with Gasteiger partial charge in [-0.05, 0) is 25.6 Å². The average molecular weight is 258 g/mol. The maximum absolute atomic E-state index is 5.65. The maximum atomic E-state index is 5.65. The summed E-state index contributed by atoms with van der Waals surface area (Å²) >= 11 is 3.44. The Morgan fingerprint density at radius 2 is 2.21 bits per heavy atom. The van der Waals surface area contributed by atoms with Crippen LogP contribution in [-0.2, 0) is 6.54 Å². The highest BCUT2D eigenvalue weighted by Gasteiger charge is 2.02. The first-order valence-corrected chi connectivity index (χ1v) is 5.63. The summed E-state index contributed by atoms with van der Waals surface area (Å²) in [7, 11) is 1.94. The summed E-state index contributed by atoms with van der Waals surface area (Å²) in [4.78, 5) is 0. The van der Waals surface area contributed by atoms with Crippen LogP contribution in [0.1, 0.15) is 18.9 Å². The van der Waals surface area contributed by atoms with Crippen molar-refractivity contribution >= 4 is 15.9 Å². The van der Waals surface area contributed by atoms with Crippen LogP contribution in [0.15, 0.2) is 22.7 Å². The van der Waals surface area contributed by atoms with Crippen LogP contribution in [0.25, 0.3) is 0 Å². The van der Waals surface area contributed by atoms with Crippen LogP contribution in [0.4, 0.5) is 0 Å². The third kappa shape index (κ3) is 3.31. The summed E-state index contributed by atoms with van der Waals surface area (Å²) in [6, 6.07) is 6.12. The predicted molar refractivity (Wildman–Crippen MR) is 62.7 cm³/mol. The molecule has 1 rings (SSSR count). The number of hydrogen-bond donors (Lipinski definition) is 1. The van der Waals surface area contributed by atoms with Crippen molar-refractivity contribution in [1.82, 2.24) is 5.32 Å². The van der Waals surface area contributed by atoms with E-state index >= 15 is 0 Å². The van der Waals surface area contributed by atoms with Crippen molar-refractivity contribution in [3.63, 3.8) is 0 Å². The smallest absolute Gasteiger partial charge is 0.124 e. The first kappa shape index (κ1) is 11.5. The van der Waals surface area contributed by atoms with Gasteiger partial charge < -0.3 is 10.1 Å². The van der Waals surface area contributed by atoms with Gasteiger partial charge in [-0.2, -0.15) is 0 Å². The van der Waals surface area contributed by atoms with Crippen LogP contribution in [0, 0.1) is 0 Å². The SMILES string of the molecule is CCCOc1cc(Br)ccc1CNC. The maximum Gasteiger partial charge on any atom is 0.124 e. The molecule has 3 heteroatoms. The van der Waals surface area contributed by atoms with Crippen molar-refractivity contribution in [2.45, 2.75) is 19.9 Å². The second kappa shape index (κ2) is 6.04. The fourth-order valence-electron chi connectivity index (χ4n) is 1.21. The molecule has 2 nitrogen and oxygen atoms in total. The molecule has 1 aromatic rings. The fourth-order valence-corrected chi connectivity index (χ4v) is 1.55. The van der Waals surface area contributed by atoms with E-state index in [-0.39, 0.29) is 0 Å². The average Bonchev–Trinajstić information content (AvgIpc) is 2.18. The van der Waals surface area contributed by atoms with Gasteiger partial charge in [-0.3, -0.25) is 0 Å². The van der Waals surface area contributed by atoms with Crippen LogP contribution in [0.2, 0.25) is 0 Å². The molecule has 0 spiro atoms. The highest BCUT2D eigenvalue weighted by atomic mass is 79.9. The molecule has 0 aromatic heterocycles. The Morgan fingerprint density at radius 3 is 2.86 bits per heavy atom. The molecule has 0 aliphatic rings. The van der Waals surface area contributed by atoms with E-state index in [1.165, 1.54) is 5.56 Å². The molecule has 78 valence electrons. The number of benzene rings is 1. The summed E-state index contributed by atoms with van der Waals surface area (Å²) in [5.74, 6) is 0.968. The zero-order valence-electron chi connectivity index (χ0n) is 8.64. The molecule has 0 amide bonds. The minimum absolute atomic E-state index is 0.771. The molecule has 1 aromatic carbocycles. The summed E-state index contributed by atoms with van der Waals surface area (Å²) in [6.07, 6.45) is 1.03. The first-order chi connectivity index (χ1) is 6.77. The van der Waals surface area contributed by atoms with Gasteiger partial charge in [0, 0.05) is 16.6 Å². The van der Waals surface area contributed by atoms with Crippen molar-refractivity contribution in [2.24, 2.45) is 0 Å². The third-order valence-electron chi connectivity index (χ3n) is 1.86. The van der Waals surface area contributed by atoms with Gasteiger partial charge in [-0.25, -0.2) is 0 Å². The van der Waals surface area contributed by atoms with Gasteiger partial charge in [0.25, 0.3) is 0 Å². The number of ether oxygens (including phenoxy) is 1. The Labute approximate surface area is 93.8 Å². The highest BCUT2D eigenvalue weighted by Crippen LogP contribution is 2.23. The molecule has 0 saturated carbocycles. The molecule has 0 aliphatic heterocycles. The Kier molecular flexibility index (Phi) is 4.98. The number of hydrogen-bond acceptors (Lipinski definition) is 2. The van der Waals surface area contributed by atoms with E-state index in [1.807, 2.05) is 19.2 Å². The molecule has 0 fully saturated rings. The van der Waals surface area contributed by atoms with Crippen LogP contribution < -0.4 is 10.1 Å². The largest absolute Gasteiger partial charge is 0.493 e. The second-order valence-electron chi connectivity index (χ2n) is 3.13. The van der Waals surface area contributed by atoms with Crippen molar-refractivity contribution in [2.75, 3.05) is 13.7 Å². The summed E-state index contributed by atoms with van der Waals surface area (Å²) in [6.45, 7) is 3.72. The quantitative estimate of drug-likeness (QED) is 0.876. The third-order valence-corrected chi connectivity index (χ3v) is 2.35. The van der Waals surface area contributed by atoms with Crippen molar-refractivity contribution in [1.29, 1.82) is 0 Å². The van der Waals surface area contributed by atoms with E-state index in [4.69, 9.17) is 4.74 Å². The van der Waals surface area contributed by atoms with Crippen LogP contribution in [0.5, 0.6) is 5.75 Å². The molecule has 0 bridgehead atoms. The van der Waals surface area contributed by atoms with Crippen LogP contribution >= 0.6 is 15.9 Å². The normalized spacial score (nSPS) is 10.2. The molecule has 0 aliphatic carbocycles. The van der Waals surface area contributed by atoms with Crippen molar-refractivity contribution < 1.29 is 4.74 Å². The van der Waals surface area contributed by atoms with E-state index < -0.39 is 0 Å². The molecule has 0 unspecified atom stereocenters. The van der Waals surface area contributed by atoms with E-state index in [2.05, 4.69) is 34.2 Å². The predicted octanol–water partition coefficient (Wildman–Crippen LogP) is 2.96. The van der Waals surface area contributed by atoms with E-state index in [0.717, 1.165) is 29.8 Å². The van der Waals surface area contributed by atoms with Crippen molar-refractivity contribution in [3.8, 4) is 5.75 Å². The van der Waals surface area contributed by atoms with Gasteiger partial charge in [0.05, 0.1) is 6.61 Å². The monoisotopic (exact) mass is 257 g/mol. The molecule has 0 radical (unpaired) electrons. The lowest BCUT2D eigenvalue weighted by atomic mass is 10.2. The van der Waals surface area contributed by atoms with Gasteiger partial charge in [-0.15, -0.1) is 0 Å². The number of rotatable bonds is 5. The first-order valence-electron chi connectivity index (χ1n) is 4.83. The molecule has 1 N–H and O–H groups in total. The molecule has 0 saturated heterocycles. The Morgan fingerprint density at radius 1 is 1.43 bits per heavy atom. The van der Waals surface area contributed by atoms with E-state index in [9.17, 15) is 0 Å². The molecule has 14 heavy (non-hydrogen) atoms. The Hall–Kier alpha value is -0.540. The summed E-state index contributed by atoms with van der Waals surface area (Å²) in [5, 5.41) is 3.12. The van der Waals surface area contributed by atoms with Crippen molar-refractivity contribution in [3.05, 3.63) is 28.2 Å². The van der Waals surface area contributed by atoms with Crippen LogP contribution in [0.3, 0.4) is 0 Å². The lowest BCUT2D eigenvalue weighted by molar-refractivity contribution is 0.313. The van der Waals surface area contributed by atoms with Gasteiger partial charge >= 0.3 is 0 Å². The lowest BCUT2D eigenvalue weighted by Gasteiger charge is -2.10. The zero-order valence-corrected chi connectivity index (χ0v) is 10.2. The molecule has 0 heterocycles. The van der Waals surface area contributed by atoms with Gasteiger partial charge in [-0.1, -0.05) is 28.9 Å². The molecule has 0 atom stereocenters. The molecular weight excluding hydrogens is 242 g/mol. The topological polar surface area (TPSA) is 21.3 Å². The second-order valence-corrected chi connectivity index (χ2v) is 4.05. The van der Waals surface area contributed by atoms with Gasteiger partial charge in [0.2, 0.25) is 0 Å². The summed E-state index contributed by atoms with van der Waals surface area (Å²) < 4.78 is 6.71. The Bertz CT molecular complexity index is 289. The standard InChI is InChI=1S/C11H16BrNO/c1-3-6-14-11-7-10(12)5-4-9(11)8-13-2/h4-5,7,13H,3,6,8H2,1-2H3. The zero-order chi connectivity index (χ0) is 10.4. The minimum atomic E-state index is 0.771. The number of halogens is 1. The summed E-state index contributed by atoms with van der Waals surface area (Å²) in [5.41, 5.74) is 1.20. The van der Waals surface area contributed by atoms with Gasteiger partial charge in [0.1, 0.15) is 5.75 Å². The number of nitrogens with one attached hydrogen (secondary N) is 1. The van der Waals surface area contributed by atoms with E-state index in [0.29, 0.717) is 0 Å². The highest BCUT2D eigenvalue weighted by molar-refractivity contribution is 9.10. The minimum Gasteiger partial charge on any atom is -0.493 e. The fraction of sp³-hybridized carbons (Fsp3) is 0.455. The molecular formula is C11H16BrNO. The Balaban J connectivity index is 2.79. The van der Waals surface area contributed by atoms with E-state index in [1.54, 1.807) is 0 Å².